The number of carbonyl (C=O) groups excluding carboxylic acids is 1. The van der Waals surface area contributed by atoms with Crippen LogP contribution >= 0.6 is 0 Å². The summed E-state index contributed by atoms with van der Waals surface area (Å²) >= 11 is 0. The molecule has 2 rings (SSSR count). The van der Waals surface area contributed by atoms with Gasteiger partial charge in [0, 0.05) is 39.2 Å². The zero-order valence-electron chi connectivity index (χ0n) is 12.8. The maximum atomic E-state index is 13.8. The van der Waals surface area contributed by atoms with Crippen molar-refractivity contribution in [3.8, 4) is 5.75 Å². The van der Waals surface area contributed by atoms with Crippen molar-refractivity contribution < 1.29 is 27.8 Å². The molecular formula is C14H19FN2O5S. The van der Waals surface area contributed by atoms with E-state index in [4.69, 9.17) is 0 Å². The van der Waals surface area contributed by atoms with Gasteiger partial charge in [-0.2, -0.15) is 0 Å². The van der Waals surface area contributed by atoms with Crippen LogP contribution in [0.5, 0.6) is 5.75 Å². The van der Waals surface area contributed by atoms with E-state index in [0.717, 1.165) is 16.4 Å². The normalized spacial score (nSPS) is 21.9. The third-order valence-corrected chi connectivity index (χ3v) is 5.82. The van der Waals surface area contributed by atoms with Gasteiger partial charge in [0.2, 0.25) is 10.0 Å². The maximum absolute atomic E-state index is 13.8. The fourth-order valence-electron chi connectivity index (χ4n) is 2.45. The molecule has 1 amide bonds. The average molecular weight is 346 g/mol. The number of hydrogen-bond donors (Lipinski definition) is 2. The number of likely N-dealkylation sites (tertiary alicyclic amines) is 1. The number of hydrogen-bond acceptors (Lipinski definition) is 5. The lowest BCUT2D eigenvalue weighted by Gasteiger charge is -2.18. The molecule has 1 aliphatic heterocycles. The van der Waals surface area contributed by atoms with Gasteiger partial charge in [-0.3, -0.25) is 4.79 Å². The minimum atomic E-state index is -3.51. The number of nitrogens with zero attached hydrogens (tertiary/aromatic N) is 2. The van der Waals surface area contributed by atoms with Gasteiger partial charge in [-0.1, -0.05) is 0 Å². The van der Waals surface area contributed by atoms with E-state index in [-0.39, 0.29) is 30.2 Å². The Morgan fingerprint density at radius 2 is 2.04 bits per heavy atom. The summed E-state index contributed by atoms with van der Waals surface area (Å²) in [6.07, 6.45) is -0.992. The van der Waals surface area contributed by atoms with Gasteiger partial charge in [0.25, 0.3) is 5.91 Å². The first-order valence-electron chi connectivity index (χ1n) is 6.98. The Morgan fingerprint density at radius 3 is 2.61 bits per heavy atom. The lowest BCUT2D eigenvalue weighted by molar-refractivity contribution is 0.0760. The Balaban J connectivity index is 2.13. The van der Waals surface area contributed by atoms with Crippen molar-refractivity contribution in [2.45, 2.75) is 6.10 Å². The average Bonchev–Trinajstić information content (AvgIpc) is 2.78. The van der Waals surface area contributed by atoms with Gasteiger partial charge in [0.05, 0.1) is 17.4 Å². The number of halogens is 1. The molecule has 1 fully saturated rings. The molecule has 23 heavy (non-hydrogen) atoms. The van der Waals surface area contributed by atoms with Crippen molar-refractivity contribution >= 4 is 15.9 Å². The number of amides is 1. The third kappa shape index (κ3) is 3.80. The second-order valence-electron chi connectivity index (χ2n) is 5.76. The molecule has 1 saturated heterocycles. The third-order valence-electron chi connectivity index (χ3n) is 3.86. The molecule has 2 N–H and O–H groups in total. The second kappa shape index (κ2) is 6.42. The van der Waals surface area contributed by atoms with E-state index in [9.17, 15) is 27.8 Å². The zero-order valence-corrected chi connectivity index (χ0v) is 13.6. The van der Waals surface area contributed by atoms with E-state index in [1.54, 1.807) is 0 Å². The Bertz CT molecular complexity index is 707. The lowest BCUT2D eigenvalue weighted by Crippen LogP contribution is -2.33. The second-order valence-corrected chi connectivity index (χ2v) is 7.99. The first-order chi connectivity index (χ1) is 10.6. The number of β-amino-alcohol motifs (C(OH)–C–C–N with tert-alkyl or cyclic N) is 1. The SMILES string of the molecule is CN(C)S(=O)(=O)C[C@@H]1CN(C(=O)c2ccc(O)cc2F)C[C@H]1O. The Labute approximate surface area is 134 Å². The Kier molecular flexibility index (Phi) is 4.92. The van der Waals surface area contributed by atoms with Crippen LogP contribution in [0.1, 0.15) is 10.4 Å². The van der Waals surface area contributed by atoms with Crippen LogP contribution in [-0.2, 0) is 10.0 Å². The summed E-state index contributed by atoms with van der Waals surface area (Å²) in [5.41, 5.74) is -0.230. The monoisotopic (exact) mass is 346 g/mol. The van der Waals surface area contributed by atoms with Crippen LogP contribution in [0.2, 0.25) is 0 Å². The summed E-state index contributed by atoms with van der Waals surface area (Å²) in [7, 11) is -0.725. The van der Waals surface area contributed by atoms with Crippen LogP contribution < -0.4 is 0 Å². The van der Waals surface area contributed by atoms with Crippen LogP contribution in [0.3, 0.4) is 0 Å². The number of phenolic OH excluding ortho intramolecular Hbond substituents is 1. The number of aliphatic hydroxyl groups is 1. The Morgan fingerprint density at radius 1 is 1.39 bits per heavy atom. The topological polar surface area (TPSA) is 98.2 Å². The van der Waals surface area contributed by atoms with E-state index in [0.29, 0.717) is 0 Å². The van der Waals surface area contributed by atoms with Crippen LogP contribution in [0.15, 0.2) is 18.2 Å². The van der Waals surface area contributed by atoms with Crippen LogP contribution in [-0.4, -0.2) is 72.8 Å². The fraction of sp³-hybridized carbons (Fsp3) is 0.500. The largest absolute Gasteiger partial charge is 0.508 e. The van der Waals surface area contributed by atoms with Crippen LogP contribution in [0.25, 0.3) is 0 Å². The van der Waals surface area contributed by atoms with E-state index >= 15 is 0 Å². The summed E-state index contributed by atoms with van der Waals surface area (Å²) in [6.45, 7) is -0.0415. The highest BCUT2D eigenvalue weighted by Crippen LogP contribution is 2.23. The Hall–Kier alpha value is -1.71. The summed E-state index contributed by atoms with van der Waals surface area (Å²) in [4.78, 5) is 13.5. The highest BCUT2D eigenvalue weighted by molar-refractivity contribution is 7.89. The molecule has 0 aliphatic carbocycles. The molecule has 0 spiro atoms. The predicted molar refractivity (Wildman–Crippen MR) is 80.9 cm³/mol. The van der Waals surface area contributed by atoms with Crippen molar-refractivity contribution in [2.24, 2.45) is 5.92 Å². The van der Waals surface area contributed by atoms with Gasteiger partial charge in [-0.25, -0.2) is 17.1 Å². The first kappa shape index (κ1) is 17.6. The number of aliphatic hydroxyl groups excluding tert-OH is 1. The molecule has 1 aromatic rings. The van der Waals surface area contributed by atoms with Crippen molar-refractivity contribution in [1.82, 2.24) is 9.21 Å². The summed E-state index contributed by atoms with van der Waals surface area (Å²) < 4.78 is 38.6. The van der Waals surface area contributed by atoms with Crippen molar-refractivity contribution in [1.29, 1.82) is 0 Å². The van der Waals surface area contributed by atoms with Crippen molar-refractivity contribution in [3.05, 3.63) is 29.6 Å². The molecule has 128 valence electrons. The fourth-order valence-corrected chi connectivity index (χ4v) is 3.62. The number of aromatic hydroxyl groups is 1. The number of sulfonamides is 1. The molecule has 0 aromatic heterocycles. The molecule has 9 heteroatoms. The molecule has 2 atom stereocenters. The molecule has 0 unspecified atom stereocenters. The van der Waals surface area contributed by atoms with E-state index in [1.165, 1.54) is 25.1 Å². The van der Waals surface area contributed by atoms with Crippen molar-refractivity contribution in [3.63, 3.8) is 0 Å². The number of benzene rings is 1. The van der Waals surface area contributed by atoms with E-state index in [2.05, 4.69) is 0 Å². The van der Waals surface area contributed by atoms with E-state index < -0.39 is 33.8 Å². The molecule has 1 aliphatic rings. The predicted octanol–water partition coefficient (Wildman–Crippen LogP) is -0.144. The molecule has 0 saturated carbocycles. The molecular weight excluding hydrogens is 327 g/mol. The molecule has 1 heterocycles. The summed E-state index contributed by atoms with van der Waals surface area (Å²) in [5.74, 6) is -2.73. The molecule has 0 radical (unpaired) electrons. The quantitative estimate of drug-likeness (QED) is 0.790. The van der Waals surface area contributed by atoms with E-state index in [1.807, 2.05) is 0 Å². The number of carbonyl (C=O) groups is 1. The van der Waals surface area contributed by atoms with Gasteiger partial charge >= 0.3 is 0 Å². The minimum absolute atomic E-state index is 0.0212. The van der Waals surface area contributed by atoms with Gasteiger partial charge in [-0.05, 0) is 12.1 Å². The van der Waals surface area contributed by atoms with Gasteiger partial charge in [0.15, 0.2) is 0 Å². The summed E-state index contributed by atoms with van der Waals surface area (Å²) in [6, 6.07) is 3.17. The highest BCUT2D eigenvalue weighted by Gasteiger charge is 2.38. The van der Waals surface area contributed by atoms with Gasteiger partial charge < -0.3 is 15.1 Å². The maximum Gasteiger partial charge on any atom is 0.256 e. The lowest BCUT2D eigenvalue weighted by atomic mass is 10.1. The van der Waals surface area contributed by atoms with Gasteiger partial charge in [-0.15, -0.1) is 0 Å². The number of rotatable bonds is 4. The smallest absolute Gasteiger partial charge is 0.256 e. The molecule has 7 nitrogen and oxygen atoms in total. The molecule has 1 aromatic carbocycles. The van der Waals surface area contributed by atoms with Gasteiger partial charge in [0.1, 0.15) is 11.6 Å². The highest BCUT2D eigenvalue weighted by atomic mass is 32.2. The first-order valence-corrected chi connectivity index (χ1v) is 8.59. The standard InChI is InChI=1S/C14H19FN2O5S/c1-16(2)23(21,22)8-9-6-17(7-13(9)19)14(20)11-4-3-10(18)5-12(11)15/h3-5,9,13,18-19H,6-8H2,1-2H3/t9-,13+/m0/s1. The summed E-state index contributed by atoms with van der Waals surface area (Å²) in [5, 5.41) is 19.2. The number of phenols is 1. The minimum Gasteiger partial charge on any atom is -0.508 e. The molecule has 0 bridgehead atoms. The zero-order chi connectivity index (χ0) is 17.4. The van der Waals surface area contributed by atoms with Crippen molar-refractivity contribution in [2.75, 3.05) is 32.9 Å². The van der Waals surface area contributed by atoms with Crippen LogP contribution in [0, 0.1) is 11.7 Å². The van der Waals surface area contributed by atoms with Crippen LogP contribution in [0.4, 0.5) is 4.39 Å².